The number of piperidine rings is 1. The Hall–Kier alpha value is -2.91. The quantitative estimate of drug-likeness (QED) is 0.656. The van der Waals surface area contributed by atoms with Crippen LogP contribution in [-0.2, 0) is 11.3 Å². The van der Waals surface area contributed by atoms with Crippen LogP contribution in [0.25, 0.3) is 0 Å². The zero-order chi connectivity index (χ0) is 23.3. The van der Waals surface area contributed by atoms with E-state index in [1.807, 2.05) is 35.2 Å². The number of alkyl halides is 2. The number of alkyl carbamates (subject to hydrolysis) is 1. The van der Waals surface area contributed by atoms with E-state index >= 15 is 0 Å². The predicted molar refractivity (Wildman–Crippen MR) is 117 cm³/mol. The van der Waals surface area contributed by atoms with Gasteiger partial charge in [0.25, 0.3) is 5.92 Å². The van der Waals surface area contributed by atoms with Gasteiger partial charge >= 0.3 is 6.09 Å². The van der Waals surface area contributed by atoms with Crippen molar-refractivity contribution in [1.29, 1.82) is 0 Å². The lowest BCUT2D eigenvalue weighted by atomic mass is 9.99. The number of amides is 1. The molecule has 0 spiro atoms. The first-order valence-corrected chi connectivity index (χ1v) is 11.0. The smallest absolute Gasteiger partial charge is 0.407 e. The number of carbonyl (C=O) groups excluding carboxylic acids is 1. The topological polar surface area (TPSA) is 80.3 Å². The van der Waals surface area contributed by atoms with E-state index in [9.17, 15) is 18.7 Å². The molecule has 0 aromatic heterocycles. The Bertz CT molecular complexity index is 934. The third kappa shape index (κ3) is 6.33. The minimum atomic E-state index is -2.68. The maximum atomic E-state index is 13.6. The van der Waals surface area contributed by atoms with E-state index in [0.717, 1.165) is 5.56 Å². The molecule has 2 aliphatic rings. The van der Waals surface area contributed by atoms with Crippen molar-refractivity contribution < 1.29 is 32.9 Å². The van der Waals surface area contributed by atoms with E-state index in [1.165, 1.54) is 0 Å². The molecule has 1 unspecified atom stereocenters. The number of carbonyl (C=O) groups is 1. The summed E-state index contributed by atoms with van der Waals surface area (Å²) in [5.74, 6) is -1.58. The predicted octanol–water partition coefficient (Wildman–Crippen LogP) is 3.52. The highest BCUT2D eigenvalue weighted by Gasteiger charge is 2.36. The summed E-state index contributed by atoms with van der Waals surface area (Å²) in [7, 11) is 0. The van der Waals surface area contributed by atoms with Gasteiger partial charge < -0.3 is 29.5 Å². The van der Waals surface area contributed by atoms with E-state index < -0.39 is 24.2 Å². The molecule has 2 aromatic rings. The van der Waals surface area contributed by atoms with Crippen LogP contribution in [0.4, 0.5) is 13.6 Å². The molecular formula is C24H28F2N2O5. The van der Waals surface area contributed by atoms with Gasteiger partial charge in [0.15, 0.2) is 11.5 Å². The average Bonchev–Trinajstić information content (AvgIpc) is 2.83. The highest BCUT2D eigenvalue weighted by atomic mass is 19.3. The second-order valence-electron chi connectivity index (χ2n) is 8.32. The zero-order valence-electron chi connectivity index (χ0n) is 18.2. The molecular weight excluding hydrogens is 434 g/mol. The number of halogens is 2. The Balaban J connectivity index is 1.45. The third-order valence-corrected chi connectivity index (χ3v) is 5.85. The summed E-state index contributed by atoms with van der Waals surface area (Å²) < 4.78 is 43.6. The van der Waals surface area contributed by atoms with Gasteiger partial charge in [-0.1, -0.05) is 36.4 Å². The van der Waals surface area contributed by atoms with Crippen LogP contribution < -0.4 is 14.8 Å². The van der Waals surface area contributed by atoms with E-state index in [2.05, 4.69) is 5.32 Å². The van der Waals surface area contributed by atoms with Gasteiger partial charge in [-0.05, 0) is 23.3 Å². The molecule has 1 saturated heterocycles. The van der Waals surface area contributed by atoms with Crippen molar-refractivity contribution in [2.45, 2.75) is 37.5 Å². The van der Waals surface area contributed by atoms with Crippen LogP contribution in [0.3, 0.4) is 0 Å². The standard InChI is InChI=1S/C24H28F2N2O5/c25-24(26)8-10-28(11-9-24)15-19(27-23(30)33-16-17-4-2-1-3-5-17)22(29)18-6-7-20-21(14-18)32-13-12-31-20/h1-7,14,19,22,29H,8-13,15-16H2,(H,27,30)/t19-,22?/m1/s1. The fourth-order valence-corrected chi connectivity index (χ4v) is 3.96. The lowest BCUT2D eigenvalue weighted by Crippen LogP contribution is -2.50. The Morgan fingerprint density at radius 2 is 1.79 bits per heavy atom. The minimum absolute atomic E-state index is 0.0788. The minimum Gasteiger partial charge on any atom is -0.486 e. The van der Waals surface area contributed by atoms with Crippen molar-refractivity contribution in [3.05, 3.63) is 59.7 Å². The monoisotopic (exact) mass is 462 g/mol. The number of benzene rings is 2. The van der Waals surface area contributed by atoms with Gasteiger partial charge in [0, 0.05) is 32.5 Å². The molecule has 2 aliphatic heterocycles. The summed E-state index contributed by atoms with van der Waals surface area (Å²) in [6, 6.07) is 13.5. The van der Waals surface area contributed by atoms with Gasteiger partial charge in [-0.25, -0.2) is 13.6 Å². The highest BCUT2D eigenvalue weighted by Crippen LogP contribution is 2.34. The molecule has 2 atom stereocenters. The van der Waals surface area contributed by atoms with Crippen LogP contribution in [0.5, 0.6) is 11.5 Å². The van der Waals surface area contributed by atoms with Crippen molar-refractivity contribution >= 4 is 6.09 Å². The number of ether oxygens (including phenoxy) is 3. The molecule has 0 aliphatic carbocycles. The summed E-state index contributed by atoms with van der Waals surface area (Å²) in [6.07, 6.45) is -2.30. The number of aliphatic hydroxyl groups is 1. The number of hydrogen-bond acceptors (Lipinski definition) is 6. The number of fused-ring (bicyclic) bond motifs is 1. The summed E-state index contributed by atoms with van der Waals surface area (Å²) in [5.41, 5.74) is 1.35. The molecule has 4 rings (SSSR count). The Labute approximate surface area is 191 Å². The molecule has 7 nitrogen and oxygen atoms in total. The van der Waals surface area contributed by atoms with Crippen molar-refractivity contribution in [1.82, 2.24) is 10.2 Å². The molecule has 1 fully saturated rings. The van der Waals surface area contributed by atoms with E-state index in [0.29, 0.717) is 30.3 Å². The van der Waals surface area contributed by atoms with E-state index in [4.69, 9.17) is 14.2 Å². The number of nitrogens with zero attached hydrogens (tertiary/aromatic N) is 1. The molecule has 2 heterocycles. The van der Waals surface area contributed by atoms with Gasteiger partial charge in [-0.15, -0.1) is 0 Å². The SMILES string of the molecule is O=C(N[C@H](CN1CCC(F)(F)CC1)C(O)c1ccc2c(c1)OCCO2)OCc1ccccc1. The van der Waals surface area contributed by atoms with Crippen molar-refractivity contribution in [2.75, 3.05) is 32.8 Å². The van der Waals surface area contributed by atoms with Crippen LogP contribution in [0, 0.1) is 0 Å². The summed E-state index contributed by atoms with van der Waals surface area (Å²) in [4.78, 5) is 14.3. The van der Waals surface area contributed by atoms with Gasteiger partial charge in [0.2, 0.25) is 0 Å². The maximum Gasteiger partial charge on any atom is 0.407 e. The second kappa shape index (κ2) is 10.4. The molecule has 178 valence electrons. The normalized spacial score (nSPS) is 19.4. The first kappa shape index (κ1) is 23.3. The first-order valence-electron chi connectivity index (χ1n) is 11.0. The van der Waals surface area contributed by atoms with Gasteiger partial charge in [-0.3, -0.25) is 0 Å². The fraction of sp³-hybridized carbons (Fsp3) is 0.458. The van der Waals surface area contributed by atoms with Crippen LogP contribution in [0.1, 0.15) is 30.1 Å². The van der Waals surface area contributed by atoms with Crippen LogP contribution in [0.2, 0.25) is 0 Å². The second-order valence-corrected chi connectivity index (χ2v) is 8.32. The van der Waals surface area contributed by atoms with Crippen molar-refractivity contribution in [2.24, 2.45) is 0 Å². The summed E-state index contributed by atoms with van der Waals surface area (Å²) >= 11 is 0. The molecule has 33 heavy (non-hydrogen) atoms. The fourth-order valence-electron chi connectivity index (χ4n) is 3.96. The molecule has 1 amide bonds. The van der Waals surface area contributed by atoms with E-state index in [-0.39, 0.29) is 39.1 Å². The molecule has 0 radical (unpaired) electrons. The summed E-state index contributed by atoms with van der Waals surface area (Å²) in [6.45, 7) is 1.49. The first-order chi connectivity index (χ1) is 15.9. The lowest BCUT2D eigenvalue weighted by Gasteiger charge is -2.35. The number of rotatable bonds is 7. The van der Waals surface area contributed by atoms with E-state index in [1.54, 1.807) is 18.2 Å². The molecule has 0 bridgehead atoms. The van der Waals surface area contributed by atoms with Crippen LogP contribution in [0.15, 0.2) is 48.5 Å². The van der Waals surface area contributed by atoms with Gasteiger partial charge in [0.1, 0.15) is 25.9 Å². The third-order valence-electron chi connectivity index (χ3n) is 5.85. The van der Waals surface area contributed by atoms with Crippen LogP contribution >= 0.6 is 0 Å². The Kier molecular flexibility index (Phi) is 7.29. The molecule has 0 saturated carbocycles. The maximum absolute atomic E-state index is 13.6. The lowest BCUT2D eigenvalue weighted by molar-refractivity contribution is -0.0587. The van der Waals surface area contributed by atoms with Gasteiger partial charge in [0.05, 0.1) is 6.04 Å². The van der Waals surface area contributed by atoms with Crippen molar-refractivity contribution in [3.8, 4) is 11.5 Å². The van der Waals surface area contributed by atoms with Crippen molar-refractivity contribution in [3.63, 3.8) is 0 Å². The molecule has 2 aromatic carbocycles. The zero-order valence-corrected chi connectivity index (χ0v) is 18.2. The molecule has 9 heteroatoms. The average molecular weight is 462 g/mol. The number of likely N-dealkylation sites (tertiary alicyclic amines) is 1. The molecule has 2 N–H and O–H groups in total. The Morgan fingerprint density at radius 3 is 2.52 bits per heavy atom. The van der Waals surface area contributed by atoms with Gasteiger partial charge in [-0.2, -0.15) is 0 Å². The number of hydrogen-bond donors (Lipinski definition) is 2. The largest absolute Gasteiger partial charge is 0.486 e. The summed E-state index contributed by atoms with van der Waals surface area (Å²) in [5, 5.41) is 13.8. The number of aliphatic hydroxyl groups excluding tert-OH is 1. The Morgan fingerprint density at radius 1 is 1.09 bits per heavy atom. The number of nitrogens with one attached hydrogen (secondary N) is 1. The highest BCUT2D eigenvalue weighted by molar-refractivity contribution is 5.67. The van der Waals surface area contributed by atoms with Crippen LogP contribution in [-0.4, -0.2) is 60.9 Å².